The van der Waals surface area contributed by atoms with E-state index < -0.39 is 0 Å². The summed E-state index contributed by atoms with van der Waals surface area (Å²) in [5.41, 5.74) is 4.77. The number of nitrogens with one attached hydrogen (secondary N) is 1. The van der Waals surface area contributed by atoms with Crippen LogP contribution in [0.4, 0.5) is 5.69 Å². The van der Waals surface area contributed by atoms with Crippen molar-refractivity contribution in [2.75, 3.05) is 18.0 Å². The van der Waals surface area contributed by atoms with Crippen molar-refractivity contribution in [1.82, 2.24) is 20.1 Å². The summed E-state index contributed by atoms with van der Waals surface area (Å²) in [4.78, 5) is 19.3. The molecular formula is C24H31N5O. The van der Waals surface area contributed by atoms with Gasteiger partial charge in [0.25, 0.3) is 5.91 Å². The Balaban J connectivity index is 1.58. The van der Waals surface area contributed by atoms with Crippen LogP contribution in [0.1, 0.15) is 54.0 Å². The minimum absolute atomic E-state index is 0.0826. The van der Waals surface area contributed by atoms with Gasteiger partial charge in [0.1, 0.15) is 0 Å². The first-order chi connectivity index (χ1) is 14.5. The van der Waals surface area contributed by atoms with Crippen molar-refractivity contribution in [3.05, 3.63) is 71.2 Å². The summed E-state index contributed by atoms with van der Waals surface area (Å²) < 4.78 is 1.82. The number of rotatable bonds is 9. The zero-order chi connectivity index (χ0) is 21.5. The maximum Gasteiger partial charge on any atom is 0.251 e. The van der Waals surface area contributed by atoms with Crippen molar-refractivity contribution < 1.29 is 4.79 Å². The molecule has 0 fully saturated rings. The Morgan fingerprint density at radius 3 is 2.43 bits per heavy atom. The lowest BCUT2D eigenvalue weighted by molar-refractivity contribution is 0.0951. The van der Waals surface area contributed by atoms with Gasteiger partial charge in [-0.25, -0.2) is 9.67 Å². The van der Waals surface area contributed by atoms with Crippen LogP contribution in [0.25, 0.3) is 5.82 Å². The molecule has 0 unspecified atom stereocenters. The van der Waals surface area contributed by atoms with Gasteiger partial charge in [-0.2, -0.15) is 5.10 Å². The van der Waals surface area contributed by atoms with Crippen LogP contribution in [0.3, 0.4) is 0 Å². The molecule has 3 aromatic rings. The standard InChI is InChI=1S/C24H31N5O/c1-5-7-14-28(6-2)22-11-9-21(10-12-22)24(30)26-17-20-8-13-23(25-16-20)29-19(4)15-18(3)27-29/h8-13,15-16H,5-7,14,17H2,1-4H3,(H,26,30). The molecule has 0 radical (unpaired) electrons. The number of aromatic nitrogens is 3. The average molecular weight is 406 g/mol. The number of unbranched alkanes of at least 4 members (excludes halogenated alkanes) is 1. The lowest BCUT2D eigenvalue weighted by Gasteiger charge is -2.23. The molecule has 0 spiro atoms. The van der Waals surface area contributed by atoms with Gasteiger partial charge in [0.2, 0.25) is 0 Å². The fraction of sp³-hybridized carbons (Fsp3) is 0.375. The second-order valence-electron chi connectivity index (χ2n) is 7.53. The van der Waals surface area contributed by atoms with Gasteiger partial charge in [0.05, 0.1) is 5.69 Å². The molecule has 1 amide bonds. The topological polar surface area (TPSA) is 63.1 Å². The van der Waals surface area contributed by atoms with Gasteiger partial charge in [-0.05, 0) is 69.2 Å². The lowest BCUT2D eigenvalue weighted by atomic mass is 10.1. The Kier molecular flexibility index (Phi) is 7.22. The van der Waals surface area contributed by atoms with Gasteiger partial charge in [-0.15, -0.1) is 0 Å². The highest BCUT2D eigenvalue weighted by atomic mass is 16.1. The maximum atomic E-state index is 12.5. The number of carbonyl (C=O) groups excluding carboxylic acids is 1. The van der Waals surface area contributed by atoms with Crippen molar-refractivity contribution >= 4 is 11.6 Å². The third-order valence-electron chi connectivity index (χ3n) is 5.15. The third kappa shape index (κ3) is 5.26. The van der Waals surface area contributed by atoms with E-state index >= 15 is 0 Å². The normalized spacial score (nSPS) is 10.8. The van der Waals surface area contributed by atoms with E-state index in [1.807, 2.05) is 61.0 Å². The fourth-order valence-corrected chi connectivity index (χ4v) is 3.43. The molecule has 2 aromatic heterocycles. The van der Waals surface area contributed by atoms with Crippen LogP contribution in [0.2, 0.25) is 0 Å². The van der Waals surface area contributed by atoms with Crippen molar-refractivity contribution in [2.45, 2.75) is 47.1 Å². The molecule has 6 heteroatoms. The summed E-state index contributed by atoms with van der Waals surface area (Å²) in [6.45, 7) is 10.8. The molecule has 0 saturated heterocycles. The van der Waals surface area contributed by atoms with E-state index in [9.17, 15) is 4.79 Å². The number of benzene rings is 1. The quantitative estimate of drug-likeness (QED) is 0.572. The fourth-order valence-electron chi connectivity index (χ4n) is 3.43. The van der Waals surface area contributed by atoms with E-state index in [1.165, 1.54) is 12.8 Å². The highest BCUT2D eigenvalue weighted by molar-refractivity contribution is 5.94. The maximum absolute atomic E-state index is 12.5. The molecule has 0 atom stereocenters. The summed E-state index contributed by atoms with van der Waals surface area (Å²) in [5.74, 6) is 0.690. The van der Waals surface area contributed by atoms with Gasteiger partial charge >= 0.3 is 0 Å². The first kappa shape index (κ1) is 21.6. The predicted molar refractivity (Wildman–Crippen MR) is 121 cm³/mol. The van der Waals surface area contributed by atoms with Crippen LogP contribution < -0.4 is 10.2 Å². The van der Waals surface area contributed by atoms with Crippen molar-refractivity contribution in [3.63, 3.8) is 0 Å². The van der Waals surface area contributed by atoms with Gasteiger partial charge in [0, 0.05) is 42.8 Å². The number of pyridine rings is 1. The number of carbonyl (C=O) groups is 1. The number of hydrogen-bond acceptors (Lipinski definition) is 4. The van der Waals surface area contributed by atoms with Crippen LogP contribution in [0, 0.1) is 13.8 Å². The number of anilines is 1. The molecule has 0 aliphatic heterocycles. The Hall–Kier alpha value is -3.15. The van der Waals surface area contributed by atoms with Crippen molar-refractivity contribution in [2.24, 2.45) is 0 Å². The van der Waals surface area contributed by atoms with Gasteiger partial charge in [0.15, 0.2) is 5.82 Å². The molecule has 1 N–H and O–H groups in total. The third-order valence-corrected chi connectivity index (χ3v) is 5.15. The zero-order valence-corrected chi connectivity index (χ0v) is 18.4. The highest BCUT2D eigenvalue weighted by Crippen LogP contribution is 2.16. The first-order valence-corrected chi connectivity index (χ1v) is 10.6. The largest absolute Gasteiger partial charge is 0.372 e. The van der Waals surface area contributed by atoms with E-state index in [0.29, 0.717) is 12.1 Å². The minimum atomic E-state index is -0.0826. The molecule has 0 aliphatic rings. The summed E-state index contributed by atoms with van der Waals surface area (Å²) in [7, 11) is 0. The SMILES string of the molecule is CCCCN(CC)c1ccc(C(=O)NCc2ccc(-n3nc(C)cc3C)nc2)cc1. The van der Waals surface area contributed by atoms with E-state index in [0.717, 1.165) is 41.5 Å². The minimum Gasteiger partial charge on any atom is -0.372 e. The van der Waals surface area contributed by atoms with Crippen molar-refractivity contribution in [3.8, 4) is 5.82 Å². The van der Waals surface area contributed by atoms with E-state index in [-0.39, 0.29) is 5.91 Å². The molecule has 30 heavy (non-hydrogen) atoms. The van der Waals surface area contributed by atoms with Crippen molar-refractivity contribution in [1.29, 1.82) is 0 Å². The summed E-state index contributed by atoms with van der Waals surface area (Å²) in [5, 5.41) is 7.42. The van der Waals surface area contributed by atoms with E-state index in [2.05, 4.69) is 34.1 Å². The molecule has 0 bridgehead atoms. The predicted octanol–water partition coefficient (Wildman–Crippen LogP) is 4.44. The Labute approximate surface area is 178 Å². The molecule has 2 heterocycles. The average Bonchev–Trinajstić information content (AvgIpc) is 3.11. The van der Waals surface area contributed by atoms with Crippen LogP contribution in [-0.2, 0) is 6.54 Å². The second-order valence-corrected chi connectivity index (χ2v) is 7.53. The summed E-state index contributed by atoms with van der Waals surface area (Å²) in [6.07, 6.45) is 4.12. The molecule has 1 aromatic carbocycles. The van der Waals surface area contributed by atoms with Crippen LogP contribution in [-0.4, -0.2) is 33.8 Å². The lowest BCUT2D eigenvalue weighted by Crippen LogP contribution is -2.25. The van der Waals surface area contributed by atoms with Gasteiger partial charge < -0.3 is 10.2 Å². The summed E-state index contributed by atoms with van der Waals surface area (Å²) >= 11 is 0. The Morgan fingerprint density at radius 2 is 1.87 bits per heavy atom. The van der Waals surface area contributed by atoms with Gasteiger partial charge in [-0.3, -0.25) is 4.79 Å². The number of aryl methyl sites for hydroxylation is 2. The summed E-state index contributed by atoms with van der Waals surface area (Å²) in [6, 6.07) is 13.7. The number of nitrogens with zero attached hydrogens (tertiary/aromatic N) is 4. The second kappa shape index (κ2) is 10.1. The molecular weight excluding hydrogens is 374 g/mol. The van der Waals surface area contributed by atoms with Crippen LogP contribution >= 0.6 is 0 Å². The van der Waals surface area contributed by atoms with E-state index in [4.69, 9.17) is 0 Å². The molecule has 3 rings (SSSR count). The first-order valence-electron chi connectivity index (χ1n) is 10.6. The molecule has 6 nitrogen and oxygen atoms in total. The Morgan fingerprint density at radius 1 is 1.10 bits per heavy atom. The molecule has 0 aliphatic carbocycles. The molecule has 0 saturated carbocycles. The number of hydrogen-bond donors (Lipinski definition) is 1. The Bertz CT molecular complexity index is 960. The highest BCUT2D eigenvalue weighted by Gasteiger charge is 2.09. The van der Waals surface area contributed by atoms with Crippen LogP contribution in [0.5, 0.6) is 0 Å². The zero-order valence-electron chi connectivity index (χ0n) is 18.4. The van der Waals surface area contributed by atoms with Crippen LogP contribution in [0.15, 0.2) is 48.7 Å². The molecule has 158 valence electrons. The number of amides is 1. The van der Waals surface area contributed by atoms with Gasteiger partial charge in [-0.1, -0.05) is 19.4 Å². The monoisotopic (exact) mass is 405 g/mol. The van der Waals surface area contributed by atoms with E-state index in [1.54, 1.807) is 6.20 Å². The smallest absolute Gasteiger partial charge is 0.251 e.